The lowest BCUT2D eigenvalue weighted by molar-refractivity contribution is -0.385. The lowest BCUT2D eigenvalue weighted by atomic mass is 9.97. The smallest absolute Gasteiger partial charge is 0.270 e. The van der Waals surface area contributed by atoms with Crippen LogP contribution in [-0.4, -0.2) is 11.5 Å². The summed E-state index contributed by atoms with van der Waals surface area (Å²) in [6, 6.07) is 5.00. The highest BCUT2D eigenvalue weighted by atomic mass is 79.9. The van der Waals surface area contributed by atoms with Crippen LogP contribution >= 0.6 is 15.9 Å². The van der Waals surface area contributed by atoms with Crippen molar-refractivity contribution >= 4 is 21.6 Å². The molecule has 0 aliphatic rings. The van der Waals surface area contributed by atoms with Gasteiger partial charge in [0.2, 0.25) is 0 Å². The first kappa shape index (κ1) is 12.1. The number of hydrogen-bond acceptors (Lipinski definition) is 3. The highest BCUT2D eigenvalue weighted by Crippen LogP contribution is 2.27. The van der Waals surface area contributed by atoms with Gasteiger partial charge in [0.1, 0.15) is 0 Å². The molecule has 0 saturated heterocycles. The maximum absolute atomic E-state index is 10.6. The SMILES string of the molecule is CC(CCN)c1cc(Br)cc([N+](=O)[O-])c1. The number of nitrogens with two attached hydrogens (primary N) is 1. The molecule has 0 bridgehead atoms. The number of nitro groups is 1. The van der Waals surface area contributed by atoms with Gasteiger partial charge in [-0.25, -0.2) is 0 Å². The van der Waals surface area contributed by atoms with Gasteiger partial charge in [-0.3, -0.25) is 10.1 Å². The normalized spacial score (nSPS) is 12.5. The molecule has 1 aromatic rings. The Kier molecular flexibility index (Phi) is 4.23. The van der Waals surface area contributed by atoms with E-state index >= 15 is 0 Å². The summed E-state index contributed by atoms with van der Waals surface area (Å²) >= 11 is 3.27. The van der Waals surface area contributed by atoms with Crippen LogP contribution in [0.1, 0.15) is 24.8 Å². The van der Waals surface area contributed by atoms with Gasteiger partial charge in [0.25, 0.3) is 5.69 Å². The van der Waals surface area contributed by atoms with E-state index in [2.05, 4.69) is 15.9 Å². The number of hydrogen-bond donors (Lipinski definition) is 1. The molecule has 1 rings (SSSR count). The van der Waals surface area contributed by atoms with Crippen molar-refractivity contribution in [2.75, 3.05) is 6.54 Å². The van der Waals surface area contributed by atoms with Crippen molar-refractivity contribution < 1.29 is 4.92 Å². The molecule has 82 valence electrons. The summed E-state index contributed by atoms with van der Waals surface area (Å²) < 4.78 is 0.732. The first-order valence-electron chi connectivity index (χ1n) is 4.69. The molecular weight excluding hydrogens is 260 g/mol. The maximum atomic E-state index is 10.6. The van der Waals surface area contributed by atoms with Crippen molar-refractivity contribution in [3.05, 3.63) is 38.3 Å². The number of nitro benzene ring substituents is 1. The molecule has 2 N–H and O–H groups in total. The van der Waals surface area contributed by atoms with Gasteiger partial charge in [-0.15, -0.1) is 0 Å². The van der Waals surface area contributed by atoms with Crippen LogP contribution in [0.25, 0.3) is 0 Å². The van der Waals surface area contributed by atoms with Gasteiger partial charge in [-0.2, -0.15) is 0 Å². The zero-order valence-electron chi connectivity index (χ0n) is 8.44. The van der Waals surface area contributed by atoms with E-state index in [0.717, 1.165) is 16.5 Å². The summed E-state index contributed by atoms with van der Waals surface area (Å²) in [5.41, 5.74) is 6.52. The minimum absolute atomic E-state index is 0.114. The Morgan fingerprint density at radius 3 is 2.73 bits per heavy atom. The van der Waals surface area contributed by atoms with Crippen LogP contribution in [0.2, 0.25) is 0 Å². The molecule has 1 atom stereocenters. The van der Waals surface area contributed by atoms with Crippen LogP contribution in [-0.2, 0) is 0 Å². The summed E-state index contributed by atoms with van der Waals surface area (Å²) in [4.78, 5) is 10.3. The van der Waals surface area contributed by atoms with Crippen LogP contribution in [0, 0.1) is 10.1 Å². The first-order chi connectivity index (χ1) is 7.04. The Balaban J connectivity index is 3.03. The predicted octanol–water partition coefficient (Wildman–Crippen LogP) is 2.81. The molecule has 15 heavy (non-hydrogen) atoms. The lowest BCUT2D eigenvalue weighted by Crippen LogP contribution is -2.05. The summed E-state index contributed by atoms with van der Waals surface area (Å²) in [6.45, 7) is 2.60. The number of non-ortho nitro benzene ring substituents is 1. The molecule has 1 aromatic carbocycles. The van der Waals surface area contributed by atoms with E-state index < -0.39 is 0 Å². The third-order valence-corrected chi connectivity index (χ3v) is 2.74. The topological polar surface area (TPSA) is 69.2 Å². The van der Waals surface area contributed by atoms with Crippen molar-refractivity contribution in [1.82, 2.24) is 0 Å². The average molecular weight is 273 g/mol. The van der Waals surface area contributed by atoms with Crippen molar-refractivity contribution in [2.24, 2.45) is 5.73 Å². The molecular formula is C10H13BrN2O2. The van der Waals surface area contributed by atoms with E-state index in [0.29, 0.717) is 6.54 Å². The minimum atomic E-state index is -0.385. The second-order valence-electron chi connectivity index (χ2n) is 3.48. The zero-order chi connectivity index (χ0) is 11.4. The fourth-order valence-electron chi connectivity index (χ4n) is 1.40. The monoisotopic (exact) mass is 272 g/mol. The summed E-state index contributed by atoms with van der Waals surface area (Å²) in [5, 5.41) is 10.6. The number of nitrogens with zero attached hydrogens (tertiary/aromatic N) is 1. The molecule has 0 spiro atoms. The van der Waals surface area contributed by atoms with Crippen molar-refractivity contribution in [2.45, 2.75) is 19.3 Å². The van der Waals surface area contributed by atoms with Gasteiger partial charge in [0.15, 0.2) is 0 Å². The van der Waals surface area contributed by atoms with Gasteiger partial charge in [-0.1, -0.05) is 22.9 Å². The third-order valence-electron chi connectivity index (χ3n) is 2.28. The van der Waals surface area contributed by atoms with Crippen LogP contribution in [0.4, 0.5) is 5.69 Å². The Morgan fingerprint density at radius 2 is 2.20 bits per heavy atom. The fourth-order valence-corrected chi connectivity index (χ4v) is 1.90. The summed E-state index contributed by atoms with van der Waals surface area (Å²) in [6.07, 6.45) is 0.827. The molecule has 0 aromatic heterocycles. The second kappa shape index (κ2) is 5.23. The van der Waals surface area contributed by atoms with Crippen molar-refractivity contribution in [3.8, 4) is 0 Å². The molecule has 0 heterocycles. The predicted molar refractivity (Wildman–Crippen MR) is 62.9 cm³/mol. The van der Waals surface area contributed by atoms with Crippen LogP contribution < -0.4 is 5.73 Å². The van der Waals surface area contributed by atoms with Crippen molar-refractivity contribution in [3.63, 3.8) is 0 Å². The molecule has 0 amide bonds. The van der Waals surface area contributed by atoms with E-state index in [1.165, 1.54) is 6.07 Å². The largest absolute Gasteiger partial charge is 0.330 e. The molecule has 1 unspecified atom stereocenters. The van der Waals surface area contributed by atoms with Crippen LogP contribution in [0.5, 0.6) is 0 Å². The molecule has 0 saturated carbocycles. The zero-order valence-corrected chi connectivity index (χ0v) is 10.0. The van der Waals surface area contributed by atoms with E-state index in [1.54, 1.807) is 6.07 Å². The van der Waals surface area contributed by atoms with E-state index in [4.69, 9.17) is 5.73 Å². The summed E-state index contributed by atoms with van der Waals surface area (Å²) in [5.74, 6) is 0.242. The van der Waals surface area contributed by atoms with Crippen molar-refractivity contribution in [1.29, 1.82) is 0 Å². The molecule has 5 heteroatoms. The lowest BCUT2D eigenvalue weighted by Gasteiger charge is -2.10. The Labute approximate surface area is 96.8 Å². The standard InChI is InChI=1S/C10H13BrN2O2/c1-7(2-3-12)8-4-9(11)6-10(5-8)13(14)15/h4-7H,2-3,12H2,1H3. The molecule has 0 aliphatic carbocycles. The van der Waals surface area contributed by atoms with E-state index in [9.17, 15) is 10.1 Å². The van der Waals surface area contributed by atoms with Gasteiger partial charge >= 0.3 is 0 Å². The van der Waals surface area contributed by atoms with Crippen LogP contribution in [0.15, 0.2) is 22.7 Å². The first-order valence-corrected chi connectivity index (χ1v) is 5.49. The Morgan fingerprint density at radius 1 is 1.53 bits per heavy atom. The fraction of sp³-hybridized carbons (Fsp3) is 0.400. The van der Waals surface area contributed by atoms with E-state index in [1.807, 2.05) is 13.0 Å². The minimum Gasteiger partial charge on any atom is -0.330 e. The highest BCUT2D eigenvalue weighted by molar-refractivity contribution is 9.10. The molecule has 0 radical (unpaired) electrons. The number of rotatable bonds is 4. The number of benzene rings is 1. The second-order valence-corrected chi connectivity index (χ2v) is 4.39. The molecule has 4 nitrogen and oxygen atoms in total. The summed E-state index contributed by atoms with van der Waals surface area (Å²) in [7, 11) is 0. The third kappa shape index (κ3) is 3.28. The maximum Gasteiger partial charge on any atom is 0.270 e. The highest BCUT2D eigenvalue weighted by Gasteiger charge is 2.12. The quantitative estimate of drug-likeness (QED) is 0.677. The van der Waals surface area contributed by atoms with Gasteiger partial charge in [0, 0.05) is 16.6 Å². The van der Waals surface area contributed by atoms with Gasteiger partial charge in [0.05, 0.1) is 4.92 Å². The van der Waals surface area contributed by atoms with Gasteiger partial charge < -0.3 is 5.73 Å². The molecule has 0 aliphatic heterocycles. The Hall–Kier alpha value is -0.940. The average Bonchev–Trinajstić information content (AvgIpc) is 2.17. The van der Waals surface area contributed by atoms with Crippen LogP contribution in [0.3, 0.4) is 0 Å². The molecule has 0 fully saturated rings. The number of halogens is 1. The van der Waals surface area contributed by atoms with Gasteiger partial charge in [-0.05, 0) is 30.5 Å². The van der Waals surface area contributed by atoms with E-state index in [-0.39, 0.29) is 16.5 Å². The Bertz CT molecular complexity index is 368.